The lowest BCUT2D eigenvalue weighted by Gasteiger charge is -2.26. The Kier molecular flexibility index (Phi) is 3.88. The molecule has 8 heteroatoms. The maximum atomic E-state index is 12.3. The molecular formula is C17H18ClN3O3S. The summed E-state index contributed by atoms with van der Waals surface area (Å²) in [7, 11) is -3.04. The van der Waals surface area contributed by atoms with Crippen LogP contribution in [0.15, 0.2) is 24.3 Å². The van der Waals surface area contributed by atoms with Crippen LogP contribution in [0.25, 0.3) is 0 Å². The molecule has 0 unspecified atom stereocenters. The van der Waals surface area contributed by atoms with Crippen molar-refractivity contribution in [2.24, 2.45) is 0 Å². The summed E-state index contributed by atoms with van der Waals surface area (Å²) in [6.45, 7) is 1.89. The second-order valence-corrected chi connectivity index (χ2v) is 9.31. The van der Waals surface area contributed by atoms with Crippen LogP contribution in [-0.2, 0) is 14.6 Å². The predicted octanol–water partition coefficient (Wildman–Crippen LogP) is 2.68. The van der Waals surface area contributed by atoms with E-state index in [0.29, 0.717) is 23.7 Å². The molecule has 0 saturated carbocycles. The number of benzene rings is 1. The fraction of sp³-hybridized carbons (Fsp3) is 0.412. The van der Waals surface area contributed by atoms with E-state index in [-0.39, 0.29) is 29.4 Å². The third-order valence-electron chi connectivity index (χ3n) is 4.96. The molecule has 0 spiro atoms. The van der Waals surface area contributed by atoms with Gasteiger partial charge in [0.15, 0.2) is 9.84 Å². The molecule has 25 heavy (non-hydrogen) atoms. The molecule has 2 aliphatic heterocycles. The number of aryl methyl sites for hydroxylation is 1. The van der Waals surface area contributed by atoms with E-state index in [9.17, 15) is 13.2 Å². The van der Waals surface area contributed by atoms with E-state index < -0.39 is 9.84 Å². The second-order valence-electron chi connectivity index (χ2n) is 6.68. The van der Waals surface area contributed by atoms with Gasteiger partial charge in [-0.15, -0.1) is 0 Å². The lowest BCUT2D eigenvalue weighted by molar-refractivity contribution is -0.116. The average Bonchev–Trinajstić information content (AvgIpc) is 3.07. The zero-order valence-corrected chi connectivity index (χ0v) is 15.3. The Balaban J connectivity index is 1.83. The van der Waals surface area contributed by atoms with Crippen LogP contribution in [0.2, 0.25) is 5.02 Å². The maximum absolute atomic E-state index is 12.3. The first-order valence-electron chi connectivity index (χ1n) is 8.19. The van der Waals surface area contributed by atoms with Gasteiger partial charge >= 0.3 is 0 Å². The van der Waals surface area contributed by atoms with Crippen molar-refractivity contribution < 1.29 is 13.2 Å². The van der Waals surface area contributed by atoms with Gasteiger partial charge in [0.2, 0.25) is 5.91 Å². The first-order chi connectivity index (χ1) is 11.9. The number of anilines is 1. The van der Waals surface area contributed by atoms with Crippen LogP contribution in [0.1, 0.15) is 41.6 Å². The molecule has 0 bridgehead atoms. The Morgan fingerprint density at radius 3 is 2.76 bits per heavy atom. The molecule has 132 valence electrons. The van der Waals surface area contributed by atoms with Gasteiger partial charge in [-0.25, -0.2) is 13.1 Å². The summed E-state index contributed by atoms with van der Waals surface area (Å²) in [4.78, 5) is 12.3. The minimum absolute atomic E-state index is 0.0627. The number of fused-ring (bicyclic) bond motifs is 1. The van der Waals surface area contributed by atoms with Crippen LogP contribution < -0.4 is 5.32 Å². The second kappa shape index (κ2) is 5.85. The van der Waals surface area contributed by atoms with Crippen molar-refractivity contribution in [2.75, 3.05) is 16.8 Å². The van der Waals surface area contributed by atoms with E-state index in [1.807, 2.05) is 31.2 Å². The van der Waals surface area contributed by atoms with Gasteiger partial charge in [0.1, 0.15) is 5.82 Å². The summed E-state index contributed by atoms with van der Waals surface area (Å²) < 4.78 is 25.4. The molecule has 4 rings (SSSR count). The molecule has 1 amide bonds. The summed E-state index contributed by atoms with van der Waals surface area (Å²) in [5, 5.41) is 8.09. The molecule has 2 atom stereocenters. The van der Waals surface area contributed by atoms with E-state index in [4.69, 9.17) is 11.6 Å². The van der Waals surface area contributed by atoms with Gasteiger partial charge in [-0.2, -0.15) is 5.10 Å². The highest BCUT2D eigenvalue weighted by Gasteiger charge is 2.37. The lowest BCUT2D eigenvalue weighted by Crippen LogP contribution is -2.26. The van der Waals surface area contributed by atoms with E-state index in [2.05, 4.69) is 10.4 Å². The summed E-state index contributed by atoms with van der Waals surface area (Å²) in [6, 6.07) is 7.25. The van der Waals surface area contributed by atoms with E-state index in [1.165, 1.54) is 0 Å². The Bertz CT molecular complexity index is 968. The molecule has 3 heterocycles. The van der Waals surface area contributed by atoms with Gasteiger partial charge in [-0.3, -0.25) is 4.79 Å². The highest BCUT2D eigenvalue weighted by molar-refractivity contribution is 7.91. The first kappa shape index (κ1) is 16.6. The number of carbonyl (C=O) groups excluding carboxylic acids is 1. The minimum Gasteiger partial charge on any atom is -0.311 e. The molecule has 1 N–H and O–H groups in total. The van der Waals surface area contributed by atoms with Crippen molar-refractivity contribution in [2.45, 2.75) is 31.7 Å². The van der Waals surface area contributed by atoms with E-state index in [1.54, 1.807) is 4.68 Å². The van der Waals surface area contributed by atoms with E-state index in [0.717, 1.165) is 16.8 Å². The number of carbonyl (C=O) groups is 1. The summed E-state index contributed by atoms with van der Waals surface area (Å²) >= 11 is 6.36. The van der Waals surface area contributed by atoms with Crippen molar-refractivity contribution in [3.8, 4) is 0 Å². The molecule has 2 aliphatic rings. The molecule has 2 aromatic rings. The van der Waals surface area contributed by atoms with Crippen molar-refractivity contribution in [3.05, 3.63) is 46.1 Å². The van der Waals surface area contributed by atoms with Crippen molar-refractivity contribution >= 4 is 33.2 Å². The number of nitrogens with one attached hydrogen (secondary N) is 1. The van der Waals surface area contributed by atoms with Crippen LogP contribution in [0.4, 0.5) is 5.82 Å². The zero-order chi connectivity index (χ0) is 17.8. The molecule has 0 aliphatic carbocycles. The van der Waals surface area contributed by atoms with Crippen molar-refractivity contribution in [3.63, 3.8) is 0 Å². The first-order valence-corrected chi connectivity index (χ1v) is 10.4. The standard InChI is InChI=1S/C17H18ClN3O3S/c1-10-16-13(12-4-2-3-5-14(12)18)8-15(22)19-17(16)21(20-10)11-6-7-25(23,24)9-11/h2-5,11,13H,6-9H2,1H3,(H,19,22)/t11-,13-/m1/s1. The average molecular weight is 380 g/mol. The van der Waals surface area contributed by atoms with E-state index >= 15 is 0 Å². The van der Waals surface area contributed by atoms with Crippen LogP contribution in [-0.4, -0.2) is 35.6 Å². The quantitative estimate of drug-likeness (QED) is 0.869. The Morgan fingerprint density at radius 2 is 2.08 bits per heavy atom. The molecule has 0 radical (unpaired) electrons. The molecule has 1 aromatic heterocycles. The summed E-state index contributed by atoms with van der Waals surface area (Å²) in [5.74, 6) is 0.546. The number of amides is 1. The normalized spacial score (nSPS) is 24.8. The molecule has 1 fully saturated rings. The number of hydrogen-bond acceptors (Lipinski definition) is 4. The maximum Gasteiger partial charge on any atom is 0.226 e. The van der Waals surface area contributed by atoms with Gasteiger partial charge in [0, 0.05) is 22.9 Å². The number of aromatic nitrogens is 2. The lowest BCUT2D eigenvalue weighted by atomic mass is 9.86. The predicted molar refractivity (Wildman–Crippen MR) is 95.8 cm³/mol. The number of hydrogen-bond donors (Lipinski definition) is 1. The van der Waals surface area contributed by atoms with Crippen molar-refractivity contribution in [1.29, 1.82) is 0 Å². The molecule has 6 nitrogen and oxygen atoms in total. The largest absolute Gasteiger partial charge is 0.311 e. The van der Waals surface area contributed by atoms with Gasteiger partial charge in [0.25, 0.3) is 0 Å². The van der Waals surface area contributed by atoms with Gasteiger partial charge in [-0.1, -0.05) is 29.8 Å². The van der Waals surface area contributed by atoms with Gasteiger partial charge < -0.3 is 5.32 Å². The number of sulfone groups is 1. The Labute approximate surface area is 151 Å². The minimum atomic E-state index is -3.04. The van der Waals surface area contributed by atoms with Crippen LogP contribution >= 0.6 is 11.6 Å². The molecule has 1 aromatic carbocycles. The van der Waals surface area contributed by atoms with Crippen molar-refractivity contribution in [1.82, 2.24) is 9.78 Å². The van der Waals surface area contributed by atoms with Gasteiger partial charge in [0.05, 0.1) is 23.2 Å². The van der Waals surface area contributed by atoms with Crippen LogP contribution in [0.5, 0.6) is 0 Å². The highest BCUT2D eigenvalue weighted by atomic mass is 35.5. The number of rotatable bonds is 2. The fourth-order valence-corrected chi connectivity index (χ4v) is 5.79. The number of halogens is 1. The molecular weight excluding hydrogens is 362 g/mol. The highest BCUT2D eigenvalue weighted by Crippen LogP contribution is 2.43. The summed E-state index contributed by atoms with van der Waals surface area (Å²) in [6.07, 6.45) is 0.814. The molecule has 1 saturated heterocycles. The smallest absolute Gasteiger partial charge is 0.226 e. The third-order valence-corrected chi connectivity index (χ3v) is 7.06. The van der Waals surface area contributed by atoms with Crippen LogP contribution in [0.3, 0.4) is 0 Å². The SMILES string of the molecule is Cc1nn([C@@H]2CCS(=O)(=O)C2)c2c1[C@@H](c1ccccc1Cl)CC(=O)N2. The topological polar surface area (TPSA) is 81.1 Å². The number of nitrogens with zero attached hydrogens (tertiary/aromatic N) is 2. The Morgan fingerprint density at radius 1 is 1.32 bits per heavy atom. The van der Waals surface area contributed by atoms with Crippen LogP contribution in [0, 0.1) is 6.92 Å². The summed E-state index contributed by atoms with van der Waals surface area (Å²) in [5.41, 5.74) is 2.61. The van der Waals surface area contributed by atoms with Gasteiger partial charge in [-0.05, 0) is 25.0 Å². The third kappa shape index (κ3) is 2.85. The monoisotopic (exact) mass is 379 g/mol. The Hall–Kier alpha value is -1.86. The fourth-order valence-electron chi connectivity index (χ4n) is 3.83. The zero-order valence-electron chi connectivity index (χ0n) is 13.7.